The fourth-order valence-electron chi connectivity index (χ4n) is 3.98. The summed E-state index contributed by atoms with van der Waals surface area (Å²) >= 11 is 0. The van der Waals surface area contributed by atoms with Crippen molar-refractivity contribution in [2.75, 3.05) is 5.75 Å². The van der Waals surface area contributed by atoms with Crippen molar-refractivity contribution in [3.05, 3.63) is 42.3 Å². The molecule has 4 aromatic rings. The van der Waals surface area contributed by atoms with Crippen molar-refractivity contribution < 1.29 is 22.0 Å². The zero-order valence-corrected chi connectivity index (χ0v) is 17.0. The molecule has 0 radical (unpaired) electrons. The van der Waals surface area contributed by atoms with Crippen LogP contribution in [0.2, 0.25) is 0 Å². The summed E-state index contributed by atoms with van der Waals surface area (Å²) in [4.78, 5) is 0. The molecular formula is C21H25N2O4S+. The molecule has 28 heavy (non-hydrogen) atoms. The Labute approximate surface area is 164 Å². The van der Waals surface area contributed by atoms with E-state index in [2.05, 4.69) is 47.9 Å². The number of fused-ring (bicyclic) bond motifs is 4. The van der Waals surface area contributed by atoms with Gasteiger partial charge in [-0.3, -0.25) is 4.55 Å². The second kappa shape index (κ2) is 7.22. The quantitative estimate of drug-likeness (QED) is 0.372. The smallest absolute Gasteiger partial charge is 0.344 e. The van der Waals surface area contributed by atoms with E-state index >= 15 is 0 Å². The van der Waals surface area contributed by atoms with Gasteiger partial charge in [0.1, 0.15) is 0 Å². The van der Waals surface area contributed by atoms with Gasteiger partial charge in [-0.25, -0.2) is 0 Å². The molecule has 148 valence electrons. The fourth-order valence-corrected chi connectivity index (χ4v) is 4.47. The van der Waals surface area contributed by atoms with Gasteiger partial charge in [0.2, 0.25) is 5.58 Å². The van der Waals surface area contributed by atoms with Crippen molar-refractivity contribution in [1.82, 2.24) is 4.57 Å². The topological polar surface area (TPSA) is 76.3 Å². The summed E-state index contributed by atoms with van der Waals surface area (Å²) in [6.45, 7) is 5.50. The third kappa shape index (κ3) is 3.40. The Bertz CT molecular complexity index is 1270. The van der Waals surface area contributed by atoms with Crippen LogP contribution in [0.15, 0.2) is 40.8 Å². The number of aryl methyl sites for hydroxylation is 3. The molecule has 0 bridgehead atoms. The van der Waals surface area contributed by atoms with E-state index in [1.165, 1.54) is 16.3 Å². The van der Waals surface area contributed by atoms with E-state index in [0.717, 1.165) is 41.9 Å². The third-order valence-corrected chi connectivity index (χ3v) is 6.11. The lowest BCUT2D eigenvalue weighted by atomic mass is 10.1. The lowest BCUT2D eigenvalue weighted by Gasteiger charge is -2.05. The molecule has 0 atom stereocenters. The maximum absolute atomic E-state index is 11.0. The molecule has 4 rings (SSSR count). The first-order valence-corrected chi connectivity index (χ1v) is 11.3. The zero-order valence-electron chi connectivity index (χ0n) is 16.2. The fraction of sp³-hybridized carbons (Fsp3) is 0.381. The maximum Gasteiger partial charge on any atom is 0.344 e. The molecule has 0 aliphatic rings. The third-order valence-electron chi connectivity index (χ3n) is 5.30. The monoisotopic (exact) mass is 401 g/mol. The Morgan fingerprint density at radius 3 is 2.64 bits per heavy atom. The number of hydrogen-bond acceptors (Lipinski definition) is 3. The molecule has 0 spiro atoms. The van der Waals surface area contributed by atoms with Crippen LogP contribution >= 0.6 is 0 Å². The Morgan fingerprint density at radius 1 is 1.11 bits per heavy atom. The average molecular weight is 402 g/mol. The van der Waals surface area contributed by atoms with Gasteiger partial charge in [0.25, 0.3) is 15.6 Å². The van der Waals surface area contributed by atoms with E-state index in [0.29, 0.717) is 13.0 Å². The normalized spacial score (nSPS) is 12.5. The van der Waals surface area contributed by atoms with Crippen molar-refractivity contribution in [1.29, 1.82) is 0 Å². The van der Waals surface area contributed by atoms with Crippen LogP contribution in [0.1, 0.15) is 32.1 Å². The van der Waals surface area contributed by atoms with Gasteiger partial charge >= 0.3 is 5.89 Å². The summed E-state index contributed by atoms with van der Waals surface area (Å²) in [5.41, 5.74) is 4.10. The first-order valence-electron chi connectivity index (χ1n) is 9.68. The van der Waals surface area contributed by atoms with Gasteiger partial charge in [-0.05, 0) is 12.5 Å². The predicted octanol–water partition coefficient (Wildman–Crippen LogP) is 4.21. The standard InChI is InChI=1S/C21H24N2O4S/c1-3-4-10-23-18-9-6-5-8-16(18)17-13-20-21(14-19(17)23)27-15(2)22(20)11-7-12-28(24,25)26/h5-6,8-9,13-14H,3-4,7,10-12H2,1-2H3/p+1. The number of nitrogens with zero attached hydrogens (tertiary/aromatic N) is 2. The molecule has 6 nitrogen and oxygen atoms in total. The van der Waals surface area contributed by atoms with Crippen LogP contribution < -0.4 is 4.57 Å². The number of oxazole rings is 1. The second-order valence-electron chi connectivity index (χ2n) is 7.27. The van der Waals surface area contributed by atoms with Gasteiger partial charge in [-0.2, -0.15) is 13.0 Å². The largest absolute Gasteiger partial charge is 0.401 e. The van der Waals surface area contributed by atoms with E-state index in [9.17, 15) is 8.42 Å². The van der Waals surface area contributed by atoms with E-state index in [1.807, 2.05) is 11.5 Å². The van der Waals surface area contributed by atoms with E-state index < -0.39 is 10.1 Å². The number of aromatic nitrogens is 2. The molecule has 0 amide bonds. The van der Waals surface area contributed by atoms with Gasteiger partial charge in [0.05, 0.1) is 18.2 Å². The number of rotatable bonds is 7. The van der Waals surface area contributed by atoms with E-state index in [1.54, 1.807) is 0 Å². The summed E-state index contributed by atoms with van der Waals surface area (Å²) in [5, 5.41) is 2.38. The highest BCUT2D eigenvalue weighted by Gasteiger charge is 2.22. The maximum atomic E-state index is 11.0. The summed E-state index contributed by atoms with van der Waals surface area (Å²) in [6, 6.07) is 12.6. The van der Waals surface area contributed by atoms with Crippen LogP contribution in [-0.2, 0) is 23.2 Å². The molecule has 2 aromatic heterocycles. The van der Waals surface area contributed by atoms with Crippen LogP contribution in [0.25, 0.3) is 32.9 Å². The molecule has 0 saturated heterocycles. The lowest BCUT2D eigenvalue weighted by Crippen LogP contribution is -2.36. The van der Waals surface area contributed by atoms with Gasteiger partial charge in [-0.1, -0.05) is 31.5 Å². The van der Waals surface area contributed by atoms with Crippen LogP contribution in [0.5, 0.6) is 0 Å². The average Bonchev–Trinajstić information content (AvgIpc) is 3.11. The van der Waals surface area contributed by atoms with Crippen LogP contribution in [0.4, 0.5) is 0 Å². The molecule has 2 heterocycles. The lowest BCUT2D eigenvalue weighted by molar-refractivity contribution is -0.682. The van der Waals surface area contributed by atoms with Gasteiger partial charge < -0.3 is 8.98 Å². The van der Waals surface area contributed by atoms with Gasteiger partial charge in [-0.15, -0.1) is 0 Å². The summed E-state index contributed by atoms with van der Waals surface area (Å²) in [5.74, 6) is 0.465. The molecular weight excluding hydrogens is 376 g/mol. The van der Waals surface area contributed by atoms with Crippen LogP contribution in [0, 0.1) is 6.92 Å². The predicted molar refractivity (Wildman–Crippen MR) is 110 cm³/mol. The SMILES string of the molecule is CCCCn1c2ccccc2c2cc3c(cc21)oc(C)[n+]3CCCS(=O)(=O)O. The molecule has 0 unspecified atom stereocenters. The summed E-state index contributed by atoms with van der Waals surface area (Å²) in [6.07, 6.45) is 2.57. The Hall–Kier alpha value is -2.38. The van der Waals surface area contributed by atoms with Gasteiger partial charge in [0, 0.05) is 41.4 Å². The van der Waals surface area contributed by atoms with E-state index in [-0.39, 0.29) is 5.75 Å². The van der Waals surface area contributed by atoms with Crippen molar-refractivity contribution >= 4 is 43.0 Å². The number of para-hydroxylation sites is 1. The molecule has 0 saturated carbocycles. The van der Waals surface area contributed by atoms with Crippen molar-refractivity contribution in [3.8, 4) is 0 Å². The van der Waals surface area contributed by atoms with E-state index in [4.69, 9.17) is 8.97 Å². The molecule has 1 N–H and O–H groups in total. The summed E-state index contributed by atoms with van der Waals surface area (Å²) < 4.78 is 41.4. The minimum absolute atomic E-state index is 0.259. The molecule has 7 heteroatoms. The molecule has 0 aliphatic heterocycles. The first-order chi connectivity index (χ1) is 13.4. The first kappa shape index (κ1) is 19.0. The Morgan fingerprint density at radius 2 is 1.89 bits per heavy atom. The highest BCUT2D eigenvalue weighted by atomic mass is 32.2. The van der Waals surface area contributed by atoms with Gasteiger partial charge in [0.15, 0.2) is 6.54 Å². The number of hydrogen-bond donors (Lipinski definition) is 1. The second-order valence-corrected chi connectivity index (χ2v) is 8.84. The van der Waals surface area contributed by atoms with Crippen molar-refractivity contribution in [3.63, 3.8) is 0 Å². The van der Waals surface area contributed by atoms with Crippen molar-refractivity contribution in [2.24, 2.45) is 0 Å². The Kier molecular flexibility index (Phi) is 4.89. The zero-order chi connectivity index (χ0) is 19.9. The summed E-state index contributed by atoms with van der Waals surface area (Å²) in [7, 11) is -3.96. The number of benzene rings is 2. The van der Waals surface area contributed by atoms with Crippen LogP contribution in [0.3, 0.4) is 0 Å². The Balaban J connectivity index is 1.87. The van der Waals surface area contributed by atoms with Crippen LogP contribution in [-0.4, -0.2) is 23.3 Å². The highest BCUT2D eigenvalue weighted by Crippen LogP contribution is 2.32. The highest BCUT2D eigenvalue weighted by molar-refractivity contribution is 7.85. The number of unbranched alkanes of at least 4 members (excludes halogenated alkanes) is 1. The minimum atomic E-state index is -3.96. The molecule has 0 fully saturated rings. The molecule has 0 aliphatic carbocycles. The van der Waals surface area contributed by atoms with Crippen molar-refractivity contribution in [2.45, 2.75) is 46.2 Å². The minimum Gasteiger partial charge on any atom is -0.401 e. The molecule has 2 aromatic carbocycles.